The van der Waals surface area contributed by atoms with Crippen molar-refractivity contribution in [3.05, 3.63) is 83.9 Å². The van der Waals surface area contributed by atoms with Gasteiger partial charge in [0.25, 0.3) is 5.91 Å². The van der Waals surface area contributed by atoms with E-state index in [2.05, 4.69) is 5.32 Å². The third kappa shape index (κ3) is 6.73. The molecule has 29 heavy (non-hydrogen) atoms. The van der Waals surface area contributed by atoms with Crippen LogP contribution in [0, 0.1) is 0 Å². The molecule has 0 aliphatic rings. The molecule has 3 aromatic rings. The van der Waals surface area contributed by atoms with Crippen LogP contribution in [0.2, 0.25) is 5.02 Å². The standard InChI is InChI=1S/C23H22ClNO4/c1-17(29-21-12-10-18(24)11-13-21)23(26)25-19-6-5-9-22(16-19)28-15-14-27-20-7-3-2-4-8-20/h2-13,16-17H,14-15H2,1H3,(H,25,26). The Morgan fingerprint density at radius 1 is 0.862 bits per heavy atom. The highest BCUT2D eigenvalue weighted by atomic mass is 35.5. The van der Waals surface area contributed by atoms with Crippen molar-refractivity contribution in [2.45, 2.75) is 13.0 Å². The highest BCUT2D eigenvalue weighted by molar-refractivity contribution is 6.30. The number of benzene rings is 3. The highest BCUT2D eigenvalue weighted by Gasteiger charge is 2.15. The molecule has 0 fully saturated rings. The van der Waals surface area contributed by atoms with E-state index in [1.807, 2.05) is 42.5 Å². The monoisotopic (exact) mass is 411 g/mol. The van der Waals surface area contributed by atoms with Crippen LogP contribution in [0.4, 0.5) is 5.69 Å². The van der Waals surface area contributed by atoms with Crippen molar-refractivity contribution in [3.8, 4) is 17.2 Å². The van der Waals surface area contributed by atoms with E-state index in [1.165, 1.54) is 0 Å². The molecule has 0 aromatic heterocycles. The average molecular weight is 412 g/mol. The molecule has 6 heteroatoms. The van der Waals surface area contributed by atoms with E-state index in [-0.39, 0.29) is 5.91 Å². The van der Waals surface area contributed by atoms with Crippen LogP contribution >= 0.6 is 11.6 Å². The maximum Gasteiger partial charge on any atom is 0.265 e. The molecular formula is C23H22ClNO4. The zero-order valence-corrected chi connectivity index (χ0v) is 16.8. The van der Waals surface area contributed by atoms with Gasteiger partial charge in [0.2, 0.25) is 0 Å². The quantitative estimate of drug-likeness (QED) is 0.491. The molecule has 1 N–H and O–H groups in total. The predicted octanol–water partition coefficient (Wildman–Crippen LogP) is 5.20. The van der Waals surface area contributed by atoms with Crippen LogP contribution in [0.5, 0.6) is 17.2 Å². The summed E-state index contributed by atoms with van der Waals surface area (Å²) in [7, 11) is 0. The lowest BCUT2D eigenvalue weighted by Gasteiger charge is -2.15. The number of hydrogen-bond donors (Lipinski definition) is 1. The van der Waals surface area contributed by atoms with Crippen molar-refractivity contribution in [2.24, 2.45) is 0 Å². The number of amides is 1. The summed E-state index contributed by atoms with van der Waals surface area (Å²) in [6, 6.07) is 23.6. The fraction of sp³-hybridized carbons (Fsp3) is 0.174. The molecule has 150 valence electrons. The minimum absolute atomic E-state index is 0.260. The number of rotatable bonds is 9. The first-order chi connectivity index (χ1) is 14.1. The van der Waals surface area contributed by atoms with Gasteiger partial charge in [-0.3, -0.25) is 4.79 Å². The lowest BCUT2D eigenvalue weighted by molar-refractivity contribution is -0.122. The van der Waals surface area contributed by atoms with Gasteiger partial charge in [-0.2, -0.15) is 0 Å². The maximum atomic E-state index is 12.4. The summed E-state index contributed by atoms with van der Waals surface area (Å²) >= 11 is 5.85. The number of carbonyl (C=O) groups is 1. The smallest absolute Gasteiger partial charge is 0.265 e. The normalized spacial score (nSPS) is 11.4. The van der Waals surface area contributed by atoms with E-state index >= 15 is 0 Å². The van der Waals surface area contributed by atoms with Crippen LogP contribution < -0.4 is 19.5 Å². The first-order valence-electron chi connectivity index (χ1n) is 9.24. The van der Waals surface area contributed by atoms with Gasteiger partial charge in [-0.1, -0.05) is 35.9 Å². The first kappa shape index (κ1) is 20.6. The number of ether oxygens (including phenoxy) is 3. The van der Waals surface area contributed by atoms with Gasteiger partial charge >= 0.3 is 0 Å². The SMILES string of the molecule is CC(Oc1ccc(Cl)cc1)C(=O)Nc1cccc(OCCOc2ccccc2)c1. The molecule has 0 heterocycles. The number of carbonyl (C=O) groups excluding carboxylic acids is 1. The average Bonchev–Trinajstić information content (AvgIpc) is 2.74. The van der Waals surface area contributed by atoms with Gasteiger partial charge in [-0.05, 0) is 55.5 Å². The third-order valence-electron chi connectivity index (χ3n) is 3.96. The highest BCUT2D eigenvalue weighted by Crippen LogP contribution is 2.20. The summed E-state index contributed by atoms with van der Waals surface area (Å²) in [5.41, 5.74) is 0.628. The lowest BCUT2D eigenvalue weighted by atomic mass is 10.2. The molecule has 0 bridgehead atoms. The van der Waals surface area contributed by atoms with Crippen LogP contribution in [0.3, 0.4) is 0 Å². The summed E-state index contributed by atoms with van der Waals surface area (Å²) in [4.78, 5) is 12.4. The molecule has 1 amide bonds. The molecular weight excluding hydrogens is 390 g/mol. The van der Waals surface area contributed by atoms with Crippen molar-refractivity contribution in [1.29, 1.82) is 0 Å². The molecule has 1 unspecified atom stereocenters. The second-order valence-corrected chi connectivity index (χ2v) is 6.68. The predicted molar refractivity (Wildman–Crippen MR) is 114 cm³/mol. The zero-order chi connectivity index (χ0) is 20.5. The fourth-order valence-corrected chi connectivity index (χ4v) is 2.64. The van der Waals surface area contributed by atoms with E-state index < -0.39 is 6.10 Å². The molecule has 3 rings (SSSR count). The summed E-state index contributed by atoms with van der Waals surface area (Å²) in [6.45, 7) is 2.50. The van der Waals surface area contributed by atoms with Crippen molar-refractivity contribution in [3.63, 3.8) is 0 Å². The third-order valence-corrected chi connectivity index (χ3v) is 4.21. The largest absolute Gasteiger partial charge is 0.490 e. The van der Waals surface area contributed by atoms with Crippen LogP contribution in [-0.2, 0) is 4.79 Å². The molecule has 0 saturated heterocycles. The molecule has 3 aromatic carbocycles. The van der Waals surface area contributed by atoms with Crippen LogP contribution in [0.25, 0.3) is 0 Å². The van der Waals surface area contributed by atoms with E-state index in [0.717, 1.165) is 5.75 Å². The summed E-state index contributed by atoms with van der Waals surface area (Å²) < 4.78 is 16.9. The maximum absolute atomic E-state index is 12.4. The van der Waals surface area contributed by atoms with Crippen molar-refractivity contribution < 1.29 is 19.0 Å². The Kier molecular flexibility index (Phi) is 7.36. The molecule has 0 aliphatic carbocycles. The Hall–Kier alpha value is -3.18. The van der Waals surface area contributed by atoms with Gasteiger partial charge in [0.15, 0.2) is 6.10 Å². The number of halogens is 1. The van der Waals surface area contributed by atoms with Gasteiger partial charge in [0.1, 0.15) is 30.5 Å². The van der Waals surface area contributed by atoms with Crippen molar-refractivity contribution >= 4 is 23.2 Å². The van der Waals surface area contributed by atoms with Crippen LogP contribution in [0.1, 0.15) is 6.92 Å². The van der Waals surface area contributed by atoms with E-state index in [4.69, 9.17) is 25.8 Å². The van der Waals surface area contributed by atoms with Crippen molar-refractivity contribution in [2.75, 3.05) is 18.5 Å². The van der Waals surface area contributed by atoms with Gasteiger partial charge in [0, 0.05) is 16.8 Å². The summed E-state index contributed by atoms with van der Waals surface area (Å²) in [6.07, 6.45) is -0.667. The molecule has 0 spiro atoms. The Balaban J connectivity index is 1.46. The number of anilines is 1. The van der Waals surface area contributed by atoms with Gasteiger partial charge < -0.3 is 19.5 Å². The summed E-state index contributed by atoms with van der Waals surface area (Å²) in [5.74, 6) is 1.76. The number of para-hydroxylation sites is 1. The van der Waals surface area contributed by atoms with Crippen LogP contribution in [-0.4, -0.2) is 25.2 Å². The van der Waals surface area contributed by atoms with Crippen LogP contribution in [0.15, 0.2) is 78.9 Å². The van der Waals surface area contributed by atoms with Gasteiger partial charge in [-0.15, -0.1) is 0 Å². The molecule has 0 aliphatic heterocycles. The molecule has 0 radical (unpaired) electrons. The first-order valence-corrected chi connectivity index (χ1v) is 9.62. The molecule has 0 saturated carbocycles. The van der Waals surface area contributed by atoms with E-state index in [9.17, 15) is 4.79 Å². The summed E-state index contributed by atoms with van der Waals surface area (Å²) in [5, 5.41) is 3.44. The Morgan fingerprint density at radius 3 is 2.24 bits per heavy atom. The fourth-order valence-electron chi connectivity index (χ4n) is 2.51. The molecule has 1 atom stereocenters. The Morgan fingerprint density at radius 2 is 1.52 bits per heavy atom. The van der Waals surface area contributed by atoms with Gasteiger partial charge in [0.05, 0.1) is 0 Å². The minimum Gasteiger partial charge on any atom is -0.490 e. The lowest BCUT2D eigenvalue weighted by Crippen LogP contribution is -2.30. The minimum atomic E-state index is -0.667. The number of hydrogen-bond acceptors (Lipinski definition) is 4. The van der Waals surface area contributed by atoms with E-state index in [1.54, 1.807) is 43.3 Å². The zero-order valence-electron chi connectivity index (χ0n) is 16.0. The number of nitrogens with one attached hydrogen (secondary N) is 1. The Bertz CT molecular complexity index is 916. The Labute approximate surface area is 175 Å². The second kappa shape index (κ2) is 10.4. The van der Waals surface area contributed by atoms with Gasteiger partial charge in [-0.25, -0.2) is 0 Å². The molecule has 5 nitrogen and oxygen atoms in total. The van der Waals surface area contributed by atoms with Crippen molar-refractivity contribution in [1.82, 2.24) is 0 Å². The topological polar surface area (TPSA) is 56.8 Å². The van der Waals surface area contributed by atoms with E-state index in [0.29, 0.717) is 35.4 Å². The second-order valence-electron chi connectivity index (χ2n) is 6.24.